The van der Waals surface area contributed by atoms with Crippen LogP contribution in [0.5, 0.6) is 0 Å². The highest BCUT2D eigenvalue weighted by atomic mass is 16.1. The van der Waals surface area contributed by atoms with Crippen LogP contribution in [0.4, 0.5) is 0 Å². The molecule has 3 rings (SSSR count). The molecule has 1 saturated heterocycles. The number of nitrogens with zero attached hydrogens (tertiary/aromatic N) is 3. The van der Waals surface area contributed by atoms with E-state index in [1.165, 1.54) is 10.9 Å². The molecule has 6 nitrogen and oxygen atoms in total. The Morgan fingerprint density at radius 3 is 2.64 bits per heavy atom. The van der Waals surface area contributed by atoms with Crippen LogP contribution in [0.25, 0.3) is 10.9 Å². The number of nitrogens with one attached hydrogen (secondary N) is 1. The molecule has 0 radical (unpaired) electrons. The highest BCUT2D eigenvalue weighted by molar-refractivity contribution is 5.82. The molecule has 0 spiro atoms. The summed E-state index contributed by atoms with van der Waals surface area (Å²) in [7, 11) is 0. The third kappa shape index (κ3) is 5.11. The summed E-state index contributed by atoms with van der Waals surface area (Å²) in [5, 5.41) is 9.62. The van der Waals surface area contributed by atoms with E-state index in [9.17, 15) is 0 Å². The van der Waals surface area contributed by atoms with Gasteiger partial charge in [0.1, 0.15) is 6.79 Å². The molecule has 1 aliphatic rings. The maximum Gasteiger partial charge on any atom is 0.106 e. The number of rotatable bonds is 6. The monoisotopic (exact) mass is 345 g/mol. The Morgan fingerprint density at radius 2 is 1.96 bits per heavy atom. The third-order valence-electron chi connectivity index (χ3n) is 4.71. The third-order valence-corrected chi connectivity index (χ3v) is 4.71. The normalized spacial score (nSPS) is 16.2. The number of piperidine rings is 1. The van der Waals surface area contributed by atoms with Gasteiger partial charge in [0.25, 0.3) is 0 Å². The highest BCUT2D eigenvalue weighted by Gasteiger charge is 2.15. The summed E-state index contributed by atoms with van der Waals surface area (Å²) in [5.74, 6) is 0. The van der Waals surface area contributed by atoms with Crippen molar-refractivity contribution in [2.24, 2.45) is 5.73 Å². The van der Waals surface area contributed by atoms with Crippen molar-refractivity contribution >= 4 is 17.7 Å². The van der Waals surface area contributed by atoms with Gasteiger partial charge in [-0.25, -0.2) is 0 Å². The van der Waals surface area contributed by atoms with Crippen molar-refractivity contribution < 1.29 is 4.79 Å². The average molecular weight is 345 g/mol. The van der Waals surface area contributed by atoms with Crippen LogP contribution in [0.15, 0.2) is 24.3 Å². The van der Waals surface area contributed by atoms with Gasteiger partial charge in [-0.2, -0.15) is 5.10 Å². The summed E-state index contributed by atoms with van der Waals surface area (Å²) in [6, 6.07) is 9.29. The predicted molar refractivity (Wildman–Crippen MR) is 103 cm³/mol. The molecule has 0 bridgehead atoms. The first-order chi connectivity index (χ1) is 12.1. The van der Waals surface area contributed by atoms with Gasteiger partial charge < -0.3 is 20.7 Å². The van der Waals surface area contributed by atoms with Gasteiger partial charge in [0.05, 0.1) is 11.2 Å². The SMILES string of the molecule is C=O.CC(C)n1nc(CNCCN2CCC(N)CC2)c2ccccc21. The number of carbonyl (C=O) groups is 1. The van der Waals surface area contributed by atoms with E-state index in [-0.39, 0.29) is 0 Å². The molecular formula is C19H31N5O. The number of fused-ring (bicyclic) bond motifs is 1. The van der Waals surface area contributed by atoms with Crippen molar-refractivity contribution in [3.05, 3.63) is 30.0 Å². The van der Waals surface area contributed by atoms with Crippen LogP contribution in [-0.2, 0) is 11.3 Å². The zero-order valence-electron chi connectivity index (χ0n) is 15.4. The molecular weight excluding hydrogens is 314 g/mol. The zero-order valence-corrected chi connectivity index (χ0v) is 15.4. The predicted octanol–water partition coefficient (Wildman–Crippen LogP) is 1.95. The minimum Gasteiger partial charge on any atom is -0.328 e. The fourth-order valence-corrected chi connectivity index (χ4v) is 3.30. The van der Waals surface area contributed by atoms with Gasteiger partial charge in [-0.1, -0.05) is 18.2 Å². The van der Waals surface area contributed by atoms with Gasteiger partial charge in [-0.15, -0.1) is 0 Å². The Labute approximate surface area is 150 Å². The molecule has 2 heterocycles. The summed E-state index contributed by atoms with van der Waals surface area (Å²) in [5.41, 5.74) is 8.33. The number of benzene rings is 1. The summed E-state index contributed by atoms with van der Waals surface area (Å²) in [4.78, 5) is 10.5. The lowest BCUT2D eigenvalue weighted by molar-refractivity contribution is -0.0979. The molecule has 6 heteroatoms. The van der Waals surface area contributed by atoms with E-state index in [0.29, 0.717) is 12.1 Å². The van der Waals surface area contributed by atoms with Crippen LogP contribution >= 0.6 is 0 Å². The molecule has 1 aromatic carbocycles. The van der Waals surface area contributed by atoms with Gasteiger partial charge in [0.2, 0.25) is 0 Å². The van der Waals surface area contributed by atoms with E-state index in [4.69, 9.17) is 15.6 Å². The molecule has 0 atom stereocenters. The molecule has 1 aliphatic heterocycles. The fraction of sp³-hybridized carbons (Fsp3) is 0.579. The standard InChI is InChI=1S/C18H29N5.CH2O/c1-14(2)23-18-6-4-3-5-16(18)17(21-23)13-20-9-12-22-10-7-15(19)8-11-22;1-2/h3-6,14-15,20H,7-13,19H2,1-2H3;1H2. The van der Waals surface area contributed by atoms with Crippen LogP contribution in [-0.4, -0.2) is 53.7 Å². The highest BCUT2D eigenvalue weighted by Crippen LogP contribution is 2.21. The molecule has 0 amide bonds. The lowest BCUT2D eigenvalue weighted by Gasteiger charge is -2.29. The van der Waals surface area contributed by atoms with Crippen molar-refractivity contribution in [3.8, 4) is 0 Å². The van der Waals surface area contributed by atoms with Crippen molar-refractivity contribution in [2.75, 3.05) is 26.2 Å². The fourth-order valence-electron chi connectivity index (χ4n) is 3.30. The number of carbonyl (C=O) groups excluding carboxylic acids is 1. The van der Waals surface area contributed by atoms with Crippen LogP contribution < -0.4 is 11.1 Å². The topological polar surface area (TPSA) is 76.2 Å². The summed E-state index contributed by atoms with van der Waals surface area (Å²) in [6.45, 7) is 11.5. The van der Waals surface area contributed by atoms with Crippen LogP contribution in [0.1, 0.15) is 38.4 Å². The quantitative estimate of drug-likeness (QED) is 0.783. The Balaban J connectivity index is 0.00000109. The Hall–Kier alpha value is -1.76. The average Bonchev–Trinajstić information content (AvgIpc) is 3.01. The van der Waals surface area contributed by atoms with Crippen molar-refractivity contribution in [1.29, 1.82) is 0 Å². The first-order valence-electron chi connectivity index (χ1n) is 9.09. The molecule has 25 heavy (non-hydrogen) atoms. The summed E-state index contributed by atoms with van der Waals surface area (Å²) >= 11 is 0. The number of para-hydroxylation sites is 1. The minimum atomic E-state index is 0.381. The molecule has 0 aliphatic carbocycles. The van der Waals surface area contributed by atoms with Gasteiger partial charge in [-0.05, 0) is 45.8 Å². The second-order valence-corrected chi connectivity index (χ2v) is 6.86. The first-order valence-corrected chi connectivity index (χ1v) is 9.09. The number of hydrogen-bond donors (Lipinski definition) is 2. The maximum atomic E-state index is 8.00. The van der Waals surface area contributed by atoms with Gasteiger partial charge in [0, 0.05) is 37.1 Å². The second-order valence-electron chi connectivity index (χ2n) is 6.86. The van der Waals surface area contributed by atoms with Gasteiger partial charge >= 0.3 is 0 Å². The molecule has 138 valence electrons. The number of hydrogen-bond acceptors (Lipinski definition) is 5. The van der Waals surface area contributed by atoms with Gasteiger partial charge in [0.15, 0.2) is 0 Å². The largest absolute Gasteiger partial charge is 0.328 e. The van der Waals surface area contributed by atoms with Crippen molar-refractivity contribution in [1.82, 2.24) is 20.0 Å². The zero-order chi connectivity index (χ0) is 18.2. The lowest BCUT2D eigenvalue weighted by atomic mass is 10.1. The molecule has 1 fully saturated rings. The van der Waals surface area contributed by atoms with E-state index in [1.54, 1.807) is 0 Å². The maximum absolute atomic E-state index is 8.00. The van der Waals surface area contributed by atoms with Crippen LogP contribution in [0, 0.1) is 0 Å². The van der Waals surface area contributed by atoms with Crippen LogP contribution in [0.2, 0.25) is 0 Å². The second kappa shape index (κ2) is 9.65. The lowest BCUT2D eigenvalue weighted by Crippen LogP contribution is -2.42. The first kappa shape index (κ1) is 19.6. The van der Waals surface area contributed by atoms with E-state index in [0.717, 1.165) is 51.3 Å². The van der Waals surface area contributed by atoms with E-state index >= 15 is 0 Å². The van der Waals surface area contributed by atoms with E-state index in [1.807, 2.05) is 6.79 Å². The number of likely N-dealkylation sites (tertiary alicyclic amines) is 1. The Kier molecular flexibility index (Phi) is 7.55. The van der Waals surface area contributed by atoms with E-state index < -0.39 is 0 Å². The molecule has 1 aromatic heterocycles. The summed E-state index contributed by atoms with van der Waals surface area (Å²) in [6.07, 6.45) is 2.26. The Bertz CT molecular complexity index is 646. The smallest absolute Gasteiger partial charge is 0.106 e. The van der Waals surface area contributed by atoms with Crippen molar-refractivity contribution in [2.45, 2.75) is 45.3 Å². The summed E-state index contributed by atoms with van der Waals surface area (Å²) < 4.78 is 2.12. The van der Waals surface area contributed by atoms with Gasteiger partial charge in [-0.3, -0.25) is 4.68 Å². The molecule has 0 saturated carbocycles. The minimum absolute atomic E-state index is 0.381. The molecule has 2 aromatic rings. The van der Waals surface area contributed by atoms with E-state index in [2.05, 4.69) is 53.0 Å². The van der Waals surface area contributed by atoms with Crippen molar-refractivity contribution in [3.63, 3.8) is 0 Å². The van der Waals surface area contributed by atoms with Crippen LogP contribution in [0.3, 0.4) is 0 Å². The number of aromatic nitrogens is 2. The molecule has 3 N–H and O–H groups in total. The number of nitrogens with two attached hydrogens (primary N) is 1. The molecule has 0 unspecified atom stereocenters. The Morgan fingerprint density at radius 1 is 1.28 bits per heavy atom.